The highest BCUT2D eigenvalue weighted by Crippen LogP contribution is 2.35. The van der Waals surface area contributed by atoms with E-state index in [1.165, 1.54) is 28.8 Å². The number of pyridine rings is 1. The van der Waals surface area contributed by atoms with Gasteiger partial charge in [0.05, 0.1) is 35.4 Å². The second-order valence-electron chi connectivity index (χ2n) is 8.81. The molecule has 0 saturated heterocycles. The molecule has 0 radical (unpaired) electrons. The van der Waals surface area contributed by atoms with Gasteiger partial charge in [0.2, 0.25) is 0 Å². The first-order valence-electron chi connectivity index (χ1n) is 11.4. The Morgan fingerprint density at radius 1 is 1.00 bits per heavy atom. The van der Waals surface area contributed by atoms with Crippen LogP contribution in [0, 0.1) is 13.8 Å². The van der Waals surface area contributed by atoms with Gasteiger partial charge in [0.25, 0.3) is 0 Å². The summed E-state index contributed by atoms with van der Waals surface area (Å²) in [5, 5.41) is 4.33. The molecule has 4 aromatic rings. The van der Waals surface area contributed by atoms with E-state index >= 15 is 0 Å². The van der Waals surface area contributed by atoms with Crippen LogP contribution in [0.5, 0.6) is 11.5 Å². The fourth-order valence-corrected chi connectivity index (χ4v) is 4.40. The molecule has 35 heavy (non-hydrogen) atoms. The summed E-state index contributed by atoms with van der Waals surface area (Å²) >= 11 is 0. The largest absolute Gasteiger partial charge is 0.455 e. The number of alkyl halides is 3. The van der Waals surface area contributed by atoms with E-state index in [4.69, 9.17) is 9.73 Å². The summed E-state index contributed by atoms with van der Waals surface area (Å²) < 4.78 is 45.6. The Bertz CT molecular complexity index is 1430. The van der Waals surface area contributed by atoms with Crippen molar-refractivity contribution in [3.8, 4) is 11.5 Å². The lowest BCUT2D eigenvalue weighted by atomic mass is 9.99. The maximum atomic E-state index is 13.2. The maximum absolute atomic E-state index is 13.2. The molecule has 0 unspecified atom stereocenters. The number of fused-ring (bicyclic) bond motifs is 1. The first kappa shape index (κ1) is 22.9. The lowest BCUT2D eigenvalue weighted by molar-refractivity contribution is -0.137. The van der Waals surface area contributed by atoms with Crippen LogP contribution in [0.15, 0.2) is 77.9 Å². The lowest BCUT2D eigenvalue weighted by Gasteiger charge is -2.17. The van der Waals surface area contributed by atoms with Crippen LogP contribution >= 0.6 is 0 Å². The second-order valence-corrected chi connectivity index (χ2v) is 8.81. The molecule has 3 aromatic carbocycles. The molecule has 0 bridgehead atoms. The van der Waals surface area contributed by atoms with Crippen LogP contribution in [-0.2, 0) is 12.6 Å². The minimum atomic E-state index is -4.46. The normalized spacial score (nSPS) is 15.7. The molecule has 7 heteroatoms. The maximum Gasteiger partial charge on any atom is 0.416 e. The molecule has 0 fully saturated rings. The Kier molecular flexibility index (Phi) is 5.93. The zero-order chi connectivity index (χ0) is 24.6. The fraction of sp³-hybridized carbons (Fsp3) is 0.214. The molecule has 1 N–H and O–H groups in total. The third-order valence-corrected chi connectivity index (χ3v) is 6.14. The quantitative estimate of drug-likeness (QED) is 0.353. The average Bonchev–Trinajstić information content (AvgIpc) is 3.28. The predicted molar refractivity (Wildman–Crippen MR) is 131 cm³/mol. The zero-order valence-electron chi connectivity index (χ0n) is 19.4. The number of para-hydroxylation sites is 1. The van der Waals surface area contributed by atoms with Gasteiger partial charge in [0, 0.05) is 5.39 Å². The van der Waals surface area contributed by atoms with Crippen molar-refractivity contribution in [2.24, 2.45) is 4.99 Å². The highest BCUT2D eigenvalue weighted by atomic mass is 19.4. The van der Waals surface area contributed by atoms with Crippen molar-refractivity contribution in [1.82, 2.24) is 10.3 Å². The number of aliphatic imine (C=N–C) groups is 1. The molecule has 5 rings (SSSR count). The summed E-state index contributed by atoms with van der Waals surface area (Å²) in [4.78, 5) is 9.21. The average molecular weight is 476 g/mol. The molecule has 1 aliphatic rings. The van der Waals surface area contributed by atoms with Gasteiger partial charge in [-0.3, -0.25) is 9.98 Å². The van der Waals surface area contributed by atoms with Crippen LogP contribution in [0.25, 0.3) is 10.9 Å². The summed E-state index contributed by atoms with van der Waals surface area (Å²) in [7, 11) is 0. The smallest absolute Gasteiger partial charge is 0.416 e. The van der Waals surface area contributed by atoms with Gasteiger partial charge in [-0.15, -0.1) is 0 Å². The van der Waals surface area contributed by atoms with Crippen LogP contribution in [0.3, 0.4) is 0 Å². The van der Waals surface area contributed by atoms with Gasteiger partial charge in [-0.05, 0) is 55.7 Å². The second kappa shape index (κ2) is 9.06. The van der Waals surface area contributed by atoms with Gasteiger partial charge < -0.3 is 10.1 Å². The number of hydrogen-bond donors (Lipinski definition) is 1. The van der Waals surface area contributed by atoms with Crippen molar-refractivity contribution < 1.29 is 17.9 Å². The highest BCUT2D eigenvalue weighted by Gasteiger charge is 2.31. The molecule has 4 nitrogen and oxygen atoms in total. The molecular formula is C28H24F3N3O. The van der Waals surface area contributed by atoms with Gasteiger partial charge in [-0.2, -0.15) is 13.2 Å². The first-order valence-corrected chi connectivity index (χ1v) is 11.4. The molecule has 0 aliphatic carbocycles. The van der Waals surface area contributed by atoms with Crippen molar-refractivity contribution in [3.63, 3.8) is 0 Å². The number of nitrogens with one attached hydrogen (secondary N) is 1. The van der Waals surface area contributed by atoms with E-state index in [1.54, 1.807) is 6.20 Å². The van der Waals surface area contributed by atoms with E-state index < -0.39 is 11.7 Å². The van der Waals surface area contributed by atoms with E-state index in [1.807, 2.05) is 24.3 Å². The van der Waals surface area contributed by atoms with Crippen molar-refractivity contribution in [3.05, 3.63) is 101 Å². The van der Waals surface area contributed by atoms with Gasteiger partial charge in [0.1, 0.15) is 11.6 Å². The number of aromatic nitrogens is 1. The topological polar surface area (TPSA) is 46.5 Å². The Hall–Kier alpha value is -3.87. The zero-order valence-corrected chi connectivity index (χ0v) is 19.4. The van der Waals surface area contributed by atoms with Gasteiger partial charge in [-0.1, -0.05) is 48.0 Å². The Morgan fingerprint density at radius 3 is 2.63 bits per heavy atom. The van der Waals surface area contributed by atoms with Crippen LogP contribution in [-0.4, -0.2) is 23.4 Å². The third kappa shape index (κ3) is 4.85. The van der Waals surface area contributed by atoms with Crippen LogP contribution in [0.2, 0.25) is 0 Å². The summed E-state index contributed by atoms with van der Waals surface area (Å²) in [5.41, 5.74) is 4.39. The Morgan fingerprint density at radius 2 is 1.83 bits per heavy atom. The van der Waals surface area contributed by atoms with E-state index in [9.17, 15) is 13.2 Å². The van der Waals surface area contributed by atoms with Crippen LogP contribution in [0.4, 0.5) is 13.2 Å². The first-order chi connectivity index (χ1) is 16.8. The summed E-state index contributed by atoms with van der Waals surface area (Å²) in [6, 6.07) is 18.9. The number of aryl methyl sites for hydroxylation is 2. The van der Waals surface area contributed by atoms with E-state index in [-0.39, 0.29) is 11.8 Å². The number of hydrogen-bond acceptors (Lipinski definition) is 4. The van der Waals surface area contributed by atoms with Crippen molar-refractivity contribution in [2.75, 3.05) is 6.54 Å². The van der Waals surface area contributed by atoms with E-state index in [0.29, 0.717) is 23.7 Å². The minimum absolute atomic E-state index is 0.0867. The summed E-state index contributed by atoms with van der Waals surface area (Å²) in [6.07, 6.45) is -2.10. The van der Waals surface area contributed by atoms with Gasteiger partial charge >= 0.3 is 6.18 Å². The van der Waals surface area contributed by atoms with Crippen molar-refractivity contribution in [2.45, 2.75) is 32.5 Å². The molecule has 2 heterocycles. The minimum Gasteiger partial charge on any atom is -0.455 e. The molecule has 178 valence electrons. The van der Waals surface area contributed by atoms with Crippen LogP contribution in [0.1, 0.15) is 27.8 Å². The van der Waals surface area contributed by atoms with Gasteiger partial charge in [-0.25, -0.2) is 0 Å². The number of ether oxygens (including phenoxy) is 1. The lowest BCUT2D eigenvalue weighted by Crippen LogP contribution is -2.33. The SMILES string of the molecule is Cc1ccc(C[C@@H]2CN=C(c3c(Oc4cccc(C(F)(F)F)c4)cnc4ccccc34)N2)c(C)c1. The Balaban J connectivity index is 1.47. The summed E-state index contributed by atoms with van der Waals surface area (Å²) in [5.74, 6) is 1.09. The molecular weight excluding hydrogens is 451 g/mol. The number of amidine groups is 1. The van der Waals surface area contributed by atoms with E-state index in [2.05, 4.69) is 42.3 Å². The van der Waals surface area contributed by atoms with Crippen molar-refractivity contribution >= 4 is 16.7 Å². The van der Waals surface area contributed by atoms with Gasteiger partial charge in [0.15, 0.2) is 5.75 Å². The molecule has 0 amide bonds. The number of nitrogens with zero attached hydrogens (tertiary/aromatic N) is 2. The molecule has 1 aromatic heterocycles. The highest BCUT2D eigenvalue weighted by molar-refractivity contribution is 6.12. The number of benzene rings is 3. The number of halogens is 3. The van der Waals surface area contributed by atoms with Crippen molar-refractivity contribution in [1.29, 1.82) is 0 Å². The standard InChI is InChI=1S/C28H24F3N3O/c1-17-10-11-19(18(2)12-17)13-21-15-33-27(34-21)26-23-8-3-4-9-24(23)32-16-25(26)35-22-7-5-6-20(14-22)28(29,30)31/h3-12,14,16,21H,13,15H2,1-2H3,(H,33,34)/t21-/m1/s1. The number of rotatable bonds is 5. The molecule has 0 saturated carbocycles. The summed E-state index contributed by atoms with van der Waals surface area (Å²) in [6.45, 7) is 4.77. The molecule has 1 atom stereocenters. The monoisotopic (exact) mass is 475 g/mol. The molecule has 1 aliphatic heterocycles. The fourth-order valence-electron chi connectivity index (χ4n) is 4.40. The Labute approximate surface area is 201 Å². The third-order valence-electron chi connectivity index (χ3n) is 6.14. The molecule has 0 spiro atoms. The predicted octanol–water partition coefficient (Wildman–Crippen LogP) is 6.62. The van der Waals surface area contributed by atoms with E-state index in [0.717, 1.165) is 29.5 Å². The van der Waals surface area contributed by atoms with Crippen LogP contribution < -0.4 is 10.1 Å².